The van der Waals surface area contributed by atoms with E-state index in [-0.39, 0.29) is 29.6 Å². The topological polar surface area (TPSA) is 69.7 Å². The number of carbonyl (C=O) groups is 1. The molecule has 0 spiro atoms. The first kappa shape index (κ1) is 23.2. The Morgan fingerprint density at radius 3 is 2.29 bits per heavy atom. The number of anilines is 1. The van der Waals surface area contributed by atoms with Crippen LogP contribution in [-0.4, -0.2) is 51.9 Å². The van der Waals surface area contributed by atoms with Crippen LogP contribution in [0.4, 0.5) is 10.1 Å². The molecule has 8 heteroatoms. The fraction of sp³-hybridized carbons (Fsp3) is 0.435. The van der Waals surface area contributed by atoms with Gasteiger partial charge in [-0.05, 0) is 62.6 Å². The lowest BCUT2D eigenvalue weighted by atomic mass is 10.1. The summed E-state index contributed by atoms with van der Waals surface area (Å²) in [4.78, 5) is 16.9. The van der Waals surface area contributed by atoms with Crippen LogP contribution < -0.4 is 9.62 Å². The number of carbonyl (C=O) groups excluding carboxylic acids is 1. The average Bonchev–Trinajstić information content (AvgIpc) is 2.93. The second-order valence-corrected chi connectivity index (χ2v) is 9.78. The summed E-state index contributed by atoms with van der Waals surface area (Å²) in [7, 11) is -3.68. The van der Waals surface area contributed by atoms with Crippen LogP contribution in [0.15, 0.2) is 41.3 Å². The van der Waals surface area contributed by atoms with Gasteiger partial charge in [-0.25, -0.2) is 17.5 Å². The standard InChI is InChI=1S/C23H30FN3O3S/c1-17-15-18(2)23(19(3)16-17)31(29,30)25-10-9-22(28)27-12-4-11-26(13-14-27)21-7-5-20(24)6-8-21/h5-8,15-16,25H,4,9-14H2,1-3H3. The van der Waals surface area contributed by atoms with Crippen LogP contribution in [0.1, 0.15) is 29.5 Å². The summed E-state index contributed by atoms with van der Waals surface area (Å²) >= 11 is 0. The van der Waals surface area contributed by atoms with E-state index in [1.165, 1.54) is 12.1 Å². The Kier molecular flexibility index (Phi) is 7.33. The fourth-order valence-corrected chi connectivity index (χ4v) is 5.67. The molecule has 168 valence electrons. The van der Waals surface area contributed by atoms with E-state index in [9.17, 15) is 17.6 Å². The first-order chi connectivity index (χ1) is 14.7. The maximum atomic E-state index is 13.2. The molecule has 2 aromatic rings. The lowest BCUT2D eigenvalue weighted by Gasteiger charge is -2.24. The molecular weight excluding hydrogens is 417 g/mol. The van der Waals surface area contributed by atoms with E-state index < -0.39 is 10.0 Å². The third kappa shape index (κ3) is 5.83. The molecule has 1 amide bonds. The Labute approximate surface area is 184 Å². The molecule has 0 aromatic heterocycles. The van der Waals surface area contributed by atoms with Gasteiger partial charge in [0.05, 0.1) is 4.90 Å². The highest BCUT2D eigenvalue weighted by Gasteiger charge is 2.22. The molecule has 1 N–H and O–H groups in total. The molecule has 0 saturated carbocycles. The van der Waals surface area contributed by atoms with Gasteiger partial charge < -0.3 is 9.80 Å². The summed E-state index contributed by atoms with van der Waals surface area (Å²) in [5.41, 5.74) is 3.35. The number of hydrogen-bond acceptors (Lipinski definition) is 4. The van der Waals surface area contributed by atoms with Crippen molar-refractivity contribution >= 4 is 21.6 Å². The number of rotatable bonds is 6. The maximum Gasteiger partial charge on any atom is 0.241 e. The smallest absolute Gasteiger partial charge is 0.241 e. The second kappa shape index (κ2) is 9.78. The highest BCUT2D eigenvalue weighted by molar-refractivity contribution is 7.89. The summed E-state index contributed by atoms with van der Waals surface area (Å²) in [6, 6.07) is 10.1. The van der Waals surface area contributed by atoms with Crippen LogP contribution in [-0.2, 0) is 14.8 Å². The quantitative estimate of drug-likeness (QED) is 0.739. The third-order valence-electron chi connectivity index (χ3n) is 5.54. The number of nitrogens with zero attached hydrogens (tertiary/aromatic N) is 2. The molecule has 0 bridgehead atoms. The number of sulfonamides is 1. The normalized spacial score (nSPS) is 15.1. The Bertz CT molecular complexity index is 1020. The zero-order valence-electron chi connectivity index (χ0n) is 18.3. The van der Waals surface area contributed by atoms with Crippen LogP contribution in [0.5, 0.6) is 0 Å². The van der Waals surface area contributed by atoms with E-state index in [4.69, 9.17) is 0 Å². The van der Waals surface area contributed by atoms with Crippen molar-refractivity contribution in [3.8, 4) is 0 Å². The lowest BCUT2D eigenvalue weighted by Crippen LogP contribution is -2.37. The molecule has 31 heavy (non-hydrogen) atoms. The van der Waals surface area contributed by atoms with Gasteiger partial charge in [0.25, 0.3) is 0 Å². The zero-order chi connectivity index (χ0) is 22.6. The summed E-state index contributed by atoms with van der Waals surface area (Å²) in [5, 5.41) is 0. The van der Waals surface area contributed by atoms with Crippen molar-refractivity contribution < 1.29 is 17.6 Å². The van der Waals surface area contributed by atoms with Gasteiger partial charge in [0.15, 0.2) is 0 Å². The molecule has 1 saturated heterocycles. The van der Waals surface area contributed by atoms with Crippen molar-refractivity contribution in [2.45, 2.75) is 38.5 Å². The number of aryl methyl sites for hydroxylation is 3. The highest BCUT2D eigenvalue weighted by atomic mass is 32.2. The van der Waals surface area contributed by atoms with Crippen molar-refractivity contribution in [1.29, 1.82) is 0 Å². The summed E-state index contributed by atoms with van der Waals surface area (Å²) in [6.45, 7) is 8.18. The van der Waals surface area contributed by atoms with Crippen LogP contribution in [0.3, 0.4) is 0 Å². The maximum absolute atomic E-state index is 13.2. The number of nitrogens with one attached hydrogen (secondary N) is 1. The molecule has 1 heterocycles. The molecule has 0 unspecified atom stereocenters. The predicted molar refractivity (Wildman–Crippen MR) is 120 cm³/mol. The van der Waals surface area contributed by atoms with E-state index in [2.05, 4.69) is 9.62 Å². The van der Waals surface area contributed by atoms with Crippen molar-refractivity contribution in [2.75, 3.05) is 37.6 Å². The van der Waals surface area contributed by atoms with E-state index in [1.54, 1.807) is 30.9 Å². The number of amides is 1. The molecule has 0 radical (unpaired) electrons. The van der Waals surface area contributed by atoms with Crippen molar-refractivity contribution in [2.24, 2.45) is 0 Å². The van der Waals surface area contributed by atoms with Gasteiger partial charge >= 0.3 is 0 Å². The van der Waals surface area contributed by atoms with Crippen molar-refractivity contribution in [3.63, 3.8) is 0 Å². The van der Waals surface area contributed by atoms with Gasteiger partial charge in [-0.1, -0.05) is 17.7 Å². The number of benzene rings is 2. The summed E-state index contributed by atoms with van der Waals surface area (Å²) < 4.78 is 41.2. The largest absolute Gasteiger partial charge is 0.370 e. The van der Waals surface area contributed by atoms with Gasteiger partial charge in [0.1, 0.15) is 5.82 Å². The van der Waals surface area contributed by atoms with Crippen LogP contribution >= 0.6 is 0 Å². The van der Waals surface area contributed by atoms with Crippen molar-refractivity contribution in [3.05, 3.63) is 58.9 Å². The number of hydrogen-bond donors (Lipinski definition) is 1. The molecule has 0 atom stereocenters. The molecule has 1 fully saturated rings. The van der Waals surface area contributed by atoms with Gasteiger partial charge in [-0.3, -0.25) is 4.79 Å². The summed E-state index contributed by atoms with van der Waals surface area (Å²) in [6.07, 6.45) is 0.913. The molecule has 2 aromatic carbocycles. The molecule has 1 aliphatic rings. The minimum absolute atomic E-state index is 0.0616. The Balaban J connectivity index is 1.54. The van der Waals surface area contributed by atoms with E-state index >= 15 is 0 Å². The first-order valence-corrected chi connectivity index (χ1v) is 12.0. The zero-order valence-corrected chi connectivity index (χ0v) is 19.1. The minimum atomic E-state index is -3.68. The Morgan fingerprint density at radius 1 is 1.00 bits per heavy atom. The fourth-order valence-electron chi connectivity index (χ4n) is 4.19. The molecular formula is C23H30FN3O3S. The average molecular weight is 448 g/mol. The van der Waals surface area contributed by atoms with Gasteiger partial charge in [0.2, 0.25) is 15.9 Å². The van der Waals surface area contributed by atoms with Crippen LogP contribution in [0, 0.1) is 26.6 Å². The molecule has 3 rings (SSSR count). The Hall–Kier alpha value is -2.45. The lowest BCUT2D eigenvalue weighted by molar-refractivity contribution is -0.130. The third-order valence-corrected chi connectivity index (χ3v) is 7.31. The molecule has 6 nitrogen and oxygen atoms in total. The highest BCUT2D eigenvalue weighted by Crippen LogP contribution is 2.21. The second-order valence-electron chi connectivity index (χ2n) is 8.07. The minimum Gasteiger partial charge on any atom is -0.370 e. The van der Waals surface area contributed by atoms with Crippen LogP contribution in [0.25, 0.3) is 0 Å². The summed E-state index contributed by atoms with van der Waals surface area (Å²) in [5.74, 6) is -0.338. The molecule has 1 aliphatic heterocycles. The van der Waals surface area contributed by atoms with Crippen molar-refractivity contribution in [1.82, 2.24) is 9.62 Å². The van der Waals surface area contributed by atoms with Gasteiger partial charge in [-0.2, -0.15) is 0 Å². The molecule has 0 aliphatic carbocycles. The van der Waals surface area contributed by atoms with E-state index in [1.807, 2.05) is 19.1 Å². The Morgan fingerprint density at radius 2 is 1.65 bits per heavy atom. The first-order valence-electron chi connectivity index (χ1n) is 10.5. The number of halogens is 1. The SMILES string of the molecule is Cc1cc(C)c(S(=O)(=O)NCCC(=O)N2CCCN(c3ccc(F)cc3)CC2)c(C)c1. The predicted octanol–water partition coefficient (Wildman–Crippen LogP) is 3.16. The van der Waals surface area contributed by atoms with Crippen LogP contribution in [0.2, 0.25) is 0 Å². The van der Waals surface area contributed by atoms with E-state index in [0.29, 0.717) is 30.8 Å². The van der Waals surface area contributed by atoms with E-state index in [0.717, 1.165) is 24.2 Å². The van der Waals surface area contributed by atoms with Gasteiger partial charge in [0, 0.05) is 44.8 Å². The van der Waals surface area contributed by atoms with Gasteiger partial charge in [-0.15, -0.1) is 0 Å². The monoisotopic (exact) mass is 447 g/mol.